The van der Waals surface area contributed by atoms with E-state index in [1.54, 1.807) is 36.4 Å². The zero-order chi connectivity index (χ0) is 19.4. The third-order valence-corrected chi connectivity index (χ3v) is 3.99. The van der Waals surface area contributed by atoms with Gasteiger partial charge in [0.1, 0.15) is 6.33 Å². The predicted octanol–water partition coefficient (Wildman–Crippen LogP) is 5.24. The van der Waals surface area contributed by atoms with Crippen LogP contribution in [0.3, 0.4) is 0 Å². The molecule has 10 heteroatoms. The second kappa shape index (κ2) is 8.07. The molecule has 0 fully saturated rings. The second-order valence-corrected chi connectivity index (χ2v) is 5.98. The Morgan fingerprint density at radius 3 is 2.56 bits per heavy atom. The van der Waals surface area contributed by atoms with Crippen LogP contribution in [0.15, 0.2) is 48.8 Å². The van der Waals surface area contributed by atoms with Crippen LogP contribution in [0.5, 0.6) is 17.4 Å². The minimum Gasteiger partial charge on any atom is -0.493 e. The minimum absolute atomic E-state index is 0.0935. The third-order valence-electron chi connectivity index (χ3n) is 3.43. The van der Waals surface area contributed by atoms with E-state index in [9.17, 15) is 10.1 Å². The van der Waals surface area contributed by atoms with Crippen LogP contribution >= 0.6 is 23.2 Å². The van der Waals surface area contributed by atoms with E-state index in [2.05, 4.69) is 15.3 Å². The standard InChI is InChI=1S/C17H12Cl2N4O4/c1-26-13-4-2-3-5-14(13)27-17-15(23(24)25)16(20-9-21-17)22-12-8-10(18)6-7-11(12)19/h2-9H,1H3,(H,20,21,22). The summed E-state index contributed by atoms with van der Waals surface area (Å²) in [6.45, 7) is 0. The summed E-state index contributed by atoms with van der Waals surface area (Å²) in [6, 6.07) is 11.4. The lowest BCUT2D eigenvalue weighted by molar-refractivity contribution is -0.385. The molecule has 0 amide bonds. The van der Waals surface area contributed by atoms with Gasteiger partial charge in [0.25, 0.3) is 0 Å². The van der Waals surface area contributed by atoms with E-state index >= 15 is 0 Å². The van der Waals surface area contributed by atoms with Crippen molar-refractivity contribution in [3.63, 3.8) is 0 Å². The van der Waals surface area contributed by atoms with Crippen molar-refractivity contribution in [2.24, 2.45) is 0 Å². The molecule has 1 heterocycles. The highest BCUT2D eigenvalue weighted by molar-refractivity contribution is 6.35. The number of ether oxygens (including phenoxy) is 2. The molecule has 138 valence electrons. The maximum Gasteiger partial charge on any atom is 0.373 e. The summed E-state index contributed by atoms with van der Waals surface area (Å²) in [5.74, 6) is 0.329. The first-order valence-corrected chi connectivity index (χ1v) is 8.27. The van der Waals surface area contributed by atoms with Gasteiger partial charge in [-0.05, 0) is 30.3 Å². The summed E-state index contributed by atoms with van der Waals surface area (Å²) in [6.07, 6.45) is 1.14. The van der Waals surface area contributed by atoms with E-state index in [0.29, 0.717) is 21.5 Å². The van der Waals surface area contributed by atoms with Gasteiger partial charge >= 0.3 is 11.6 Å². The molecule has 1 aromatic heterocycles. The van der Waals surface area contributed by atoms with Gasteiger partial charge in [0.2, 0.25) is 5.82 Å². The monoisotopic (exact) mass is 406 g/mol. The molecule has 2 aromatic carbocycles. The van der Waals surface area contributed by atoms with Crippen molar-refractivity contribution in [2.45, 2.75) is 0 Å². The first-order valence-electron chi connectivity index (χ1n) is 7.52. The maximum atomic E-state index is 11.6. The van der Waals surface area contributed by atoms with Gasteiger partial charge in [0.05, 0.1) is 22.7 Å². The highest BCUT2D eigenvalue weighted by Crippen LogP contribution is 2.39. The smallest absolute Gasteiger partial charge is 0.373 e. The maximum absolute atomic E-state index is 11.6. The van der Waals surface area contributed by atoms with Crippen LogP contribution in [0, 0.1) is 10.1 Å². The summed E-state index contributed by atoms with van der Waals surface area (Å²) in [5, 5.41) is 15.2. The van der Waals surface area contributed by atoms with Crippen LogP contribution in [-0.4, -0.2) is 22.0 Å². The van der Waals surface area contributed by atoms with Gasteiger partial charge in [-0.3, -0.25) is 10.1 Å². The Kier molecular flexibility index (Phi) is 5.58. The van der Waals surface area contributed by atoms with Gasteiger partial charge < -0.3 is 14.8 Å². The van der Waals surface area contributed by atoms with E-state index in [4.69, 9.17) is 32.7 Å². The fraction of sp³-hybridized carbons (Fsp3) is 0.0588. The number of methoxy groups -OCH3 is 1. The van der Waals surface area contributed by atoms with E-state index in [0.717, 1.165) is 6.33 Å². The van der Waals surface area contributed by atoms with Crippen molar-refractivity contribution in [1.29, 1.82) is 0 Å². The molecule has 27 heavy (non-hydrogen) atoms. The number of benzene rings is 2. The van der Waals surface area contributed by atoms with Crippen molar-refractivity contribution >= 4 is 40.4 Å². The molecule has 3 aromatic rings. The fourth-order valence-corrected chi connectivity index (χ4v) is 2.56. The lowest BCUT2D eigenvalue weighted by Gasteiger charge is -2.12. The Morgan fingerprint density at radius 1 is 1.11 bits per heavy atom. The summed E-state index contributed by atoms with van der Waals surface area (Å²) in [4.78, 5) is 18.8. The highest BCUT2D eigenvalue weighted by Gasteiger charge is 2.26. The predicted molar refractivity (Wildman–Crippen MR) is 101 cm³/mol. The van der Waals surface area contributed by atoms with E-state index < -0.39 is 10.6 Å². The van der Waals surface area contributed by atoms with Crippen LogP contribution in [0.4, 0.5) is 17.2 Å². The lowest BCUT2D eigenvalue weighted by atomic mass is 10.3. The molecule has 0 unspecified atom stereocenters. The Morgan fingerprint density at radius 2 is 1.85 bits per heavy atom. The van der Waals surface area contributed by atoms with Crippen molar-refractivity contribution in [3.8, 4) is 17.4 Å². The Hall–Kier alpha value is -3.10. The van der Waals surface area contributed by atoms with Gasteiger partial charge in [0.15, 0.2) is 11.5 Å². The molecule has 0 spiro atoms. The number of aromatic nitrogens is 2. The molecule has 1 N–H and O–H groups in total. The van der Waals surface area contributed by atoms with E-state index in [1.807, 2.05) is 0 Å². The zero-order valence-electron chi connectivity index (χ0n) is 13.8. The molecule has 0 aliphatic carbocycles. The van der Waals surface area contributed by atoms with Crippen molar-refractivity contribution in [3.05, 3.63) is 69.0 Å². The normalized spacial score (nSPS) is 10.3. The largest absolute Gasteiger partial charge is 0.493 e. The number of rotatable bonds is 6. The van der Waals surface area contributed by atoms with E-state index in [-0.39, 0.29) is 17.4 Å². The number of para-hydroxylation sites is 2. The lowest BCUT2D eigenvalue weighted by Crippen LogP contribution is -2.04. The van der Waals surface area contributed by atoms with Gasteiger partial charge in [-0.1, -0.05) is 35.3 Å². The zero-order valence-corrected chi connectivity index (χ0v) is 15.4. The Balaban J connectivity index is 2.03. The average Bonchev–Trinajstić information content (AvgIpc) is 2.65. The SMILES string of the molecule is COc1ccccc1Oc1ncnc(Nc2cc(Cl)ccc2Cl)c1[N+](=O)[O-]. The highest BCUT2D eigenvalue weighted by atomic mass is 35.5. The van der Waals surface area contributed by atoms with Crippen LogP contribution in [0.25, 0.3) is 0 Å². The molecule has 3 rings (SSSR count). The number of hydrogen-bond donors (Lipinski definition) is 1. The molecule has 0 saturated heterocycles. The number of anilines is 2. The number of nitrogens with zero attached hydrogens (tertiary/aromatic N) is 3. The third kappa shape index (κ3) is 4.18. The summed E-state index contributed by atoms with van der Waals surface area (Å²) < 4.78 is 10.8. The van der Waals surface area contributed by atoms with Crippen molar-refractivity contribution in [2.75, 3.05) is 12.4 Å². The van der Waals surface area contributed by atoms with Crippen molar-refractivity contribution in [1.82, 2.24) is 9.97 Å². The number of hydrogen-bond acceptors (Lipinski definition) is 7. The molecular formula is C17H12Cl2N4O4. The van der Waals surface area contributed by atoms with E-state index in [1.165, 1.54) is 13.2 Å². The van der Waals surface area contributed by atoms with Crippen molar-refractivity contribution < 1.29 is 14.4 Å². The second-order valence-electron chi connectivity index (χ2n) is 5.14. The molecule has 0 radical (unpaired) electrons. The quantitative estimate of drug-likeness (QED) is 0.441. The first-order chi connectivity index (χ1) is 13.0. The number of halogens is 2. The Labute approximate surface area is 163 Å². The van der Waals surface area contributed by atoms with Crippen LogP contribution in [-0.2, 0) is 0 Å². The number of nitrogens with one attached hydrogen (secondary N) is 1. The molecule has 0 bridgehead atoms. The molecule has 0 aliphatic rings. The summed E-state index contributed by atoms with van der Waals surface area (Å²) in [7, 11) is 1.46. The van der Waals surface area contributed by atoms with Crippen LogP contribution < -0.4 is 14.8 Å². The topological polar surface area (TPSA) is 99.4 Å². The minimum atomic E-state index is -0.647. The molecule has 0 aliphatic heterocycles. The molecule has 8 nitrogen and oxygen atoms in total. The van der Waals surface area contributed by atoms with Gasteiger partial charge in [0, 0.05) is 5.02 Å². The Bertz CT molecular complexity index is 1000. The van der Waals surface area contributed by atoms with Crippen LogP contribution in [0.2, 0.25) is 10.0 Å². The summed E-state index contributed by atoms with van der Waals surface area (Å²) in [5.41, 5.74) is -0.103. The van der Waals surface area contributed by atoms with Gasteiger partial charge in [-0.2, -0.15) is 4.98 Å². The van der Waals surface area contributed by atoms with Crippen LogP contribution in [0.1, 0.15) is 0 Å². The van der Waals surface area contributed by atoms with Gasteiger partial charge in [-0.25, -0.2) is 4.98 Å². The fourth-order valence-electron chi connectivity index (χ4n) is 2.22. The first kappa shape index (κ1) is 18.7. The molecular weight excluding hydrogens is 395 g/mol. The number of nitro groups is 1. The average molecular weight is 407 g/mol. The van der Waals surface area contributed by atoms with Gasteiger partial charge in [-0.15, -0.1) is 0 Å². The molecule has 0 saturated carbocycles. The summed E-state index contributed by atoms with van der Waals surface area (Å²) >= 11 is 12.1. The molecule has 0 atom stereocenters.